The third kappa shape index (κ3) is 4.04. The summed E-state index contributed by atoms with van der Waals surface area (Å²) in [5.74, 6) is -1.15. The third-order valence-corrected chi connectivity index (χ3v) is 2.10. The van der Waals surface area contributed by atoms with Crippen LogP contribution in [-0.4, -0.2) is 23.7 Å². The summed E-state index contributed by atoms with van der Waals surface area (Å²) in [5, 5.41) is 8.67. The van der Waals surface area contributed by atoms with Crippen LogP contribution in [-0.2, 0) is 4.74 Å². The van der Waals surface area contributed by atoms with Gasteiger partial charge < -0.3 is 9.84 Å². The van der Waals surface area contributed by atoms with Gasteiger partial charge in [0, 0.05) is 12.0 Å². The smallest absolute Gasteiger partial charge is 0.174 e. The molecule has 4 nitrogen and oxygen atoms in total. The summed E-state index contributed by atoms with van der Waals surface area (Å²) >= 11 is 0. The summed E-state index contributed by atoms with van der Waals surface area (Å²) in [4.78, 5) is 0. The first-order valence-electron chi connectivity index (χ1n) is 4.57. The lowest BCUT2D eigenvalue weighted by molar-refractivity contribution is -0.145. The maximum Gasteiger partial charge on any atom is 0.174 e. The molecule has 0 bridgehead atoms. The van der Waals surface area contributed by atoms with E-state index in [2.05, 4.69) is 0 Å². The van der Waals surface area contributed by atoms with Crippen LogP contribution in [0.25, 0.3) is 0 Å². The first-order valence-corrected chi connectivity index (χ1v) is 4.57. The van der Waals surface area contributed by atoms with Crippen LogP contribution in [0.1, 0.15) is 34.1 Å². The van der Waals surface area contributed by atoms with Gasteiger partial charge in [0.05, 0.1) is 6.10 Å². The van der Waals surface area contributed by atoms with Crippen LogP contribution in [0, 0.1) is 5.41 Å². The molecule has 0 aromatic carbocycles. The first-order chi connectivity index (χ1) is 5.70. The minimum Gasteiger partial charge on any atom is -0.396 e. The largest absolute Gasteiger partial charge is 0.396 e. The lowest BCUT2D eigenvalue weighted by Crippen LogP contribution is -2.62. The zero-order chi connectivity index (χ0) is 10.7. The van der Waals surface area contributed by atoms with E-state index in [4.69, 9.17) is 21.3 Å². The Balaban J connectivity index is 4.17. The molecule has 0 radical (unpaired) electrons. The molecular weight excluding hydrogens is 168 g/mol. The summed E-state index contributed by atoms with van der Waals surface area (Å²) in [5.41, 5.74) is 11.3. The molecule has 0 aliphatic heterocycles. The van der Waals surface area contributed by atoms with Crippen molar-refractivity contribution in [3.63, 3.8) is 0 Å². The SMILES string of the molecule is CC(CCO)OC(N)(N)C(C)(C)C. The second-order valence-electron chi connectivity index (χ2n) is 4.48. The van der Waals surface area contributed by atoms with Crippen molar-refractivity contribution in [2.45, 2.75) is 46.1 Å². The maximum absolute atomic E-state index is 8.67. The minimum absolute atomic E-state index is 0.0847. The van der Waals surface area contributed by atoms with Crippen molar-refractivity contribution in [3.8, 4) is 0 Å². The molecule has 5 N–H and O–H groups in total. The van der Waals surface area contributed by atoms with Gasteiger partial charge in [0.15, 0.2) is 5.85 Å². The van der Waals surface area contributed by atoms with Crippen molar-refractivity contribution in [2.24, 2.45) is 16.9 Å². The van der Waals surface area contributed by atoms with E-state index in [0.29, 0.717) is 6.42 Å². The Kier molecular flexibility index (Phi) is 4.32. The van der Waals surface area contributed by atoms with Crippen molar-refractivity contribution >= 4 is 0 Å². The van der Waals surface area contributed by atoms with Gasteiger partial charge in [0.2, 0.25) is 0 Å². The fourth-order valence-electron chi connectivity index (χ4n) is 0.750. The third-order valence-electron chi connectivity index (χ3n) is 2.10. The zero-order valence-corrected chi connectivity index (χ0v) is 9.00. The van der Waals surface area contributed by atoms with Crippen molar-refractivity contribution in [2.75, 3.05) is 6.61 Å². The summed E-state index contributed by atoms with van der Waals surface area (Å²) < 4.78 is 5.44. The quantitative estimate of drug-likeness (QED) is 0.560. The van der Waals surface area contributed by atoms with Gasteiger partial charge in [0.1, 0.15) is 0 Å². The summed E-state index contributed by atoms with van der Waals surface area (Å²) in [6.07, 6.45) is 0.422. The zero-order valence-electron chi connectivity index (χ0n) is 9.00. The number of hydrogen-bond acceptors (Lipinski definition) is 4. The fraction of sp³-hybridized carbons (Fsp3) is 1.00. The summed E-state index contributed by atoms with van der Waals surface area (Å²) in [7, 11) is 0. The van der Waals surface area contributed by atoms with Gasteiger partial charge in [-0.3, -0.25) is 11.5 Å². The summed E-state index contributed by atoms with van der Waals surface area (Å²) in [6.45, 7) is 7.67. The standard InChI is InChI=1S/C9H22N2O2/c1-7(5-6-12)13-9(10,11)8(2,3)4/h7,12H,5-6,10-11H2,1-4H3. The molecule has 1 atom stereocenters. The Labute approximate surface area is 80.2 Å². The predicted molar refractivity (Wildman–Crippen MR) is 52.8 cm³/mol. The number of ether oxygens (including phenoxy) is 1. The average molecular weight is 190 g/mol. The van der Waals surface area contributed by atoms with Crippen LogP contribution in [0.5, 0.6) is 0 Å². The van der Waals surface area contributed by atoms with Crippen LogP contribution in [0.3, 0.4) is 0 Å². The molecular formula is C9H22N2O2. The van der Waals surface area contributed by atoms with Crippen LogP contribution in [0.15, 0.2) is 0 Å². The lowest BCUT2D eigenvalue weighted by atomic mass is 9.90. The number of aliphatic hydroxyl groups is 1. The van der Waals surface area contributed by atoms with Crippen LogP contribution >= 0.6 is 0 Å². The number of hydrogen-bond donors (Lipinski definition) is 3. The van der Waals surface area contributed by atoms with Gasteiger partial charge in [-0.15, -0.1) is 0 Å². The van der Waals surface area contributed by atoms with Crippen LogP contribution in [0.2, 0.25) is 0 Å². The molecule has 0 saturated carbocycles. The number of rotatable bonds is 4. The first kappa shape index (κ1) is 12.8. The van der Waals surface area contributed by atoms with E-state index in [1.807, 2.05) is 27.7 Å². The molecule has 13 heavy (non-hydrogen) atoms. The van der Waals surface area contributed by atoms with E-state index in [1.54, 1.807) is 0 Å². The van der Waals surface area contributed by atoms with E-state index >= 15 is 0 Å². The highest BCUT2D eigenvalue weighted by molar-refractivity contribution is 4.81. The Morgan fingerprint density at radius 1 is 1.31 bits per heavy atom. The molecule has 0 rings (SSSR count). The molecule has 0 spiro atoms. The van der Waals surface area contributed by atoms with E-state index in [9.17, 15) is 0 Å². The summed E-state index contributed by atoms with van der Waals surface area (Å²) in [6, 6.07) is 0. The molecule has 4 heteroatoms. The topological polar surface area (TPSA) is 81.5 Å². The second-order valence-corrected chi connectivity index (χ2v) is 4.48. The maximum atomic E-state index is 8.67. The Bertz CT molecular complexity index is 152. The molecule has 0 aromatic heterocycles. The molecule has 0 amide bonds. The van der Waals surface area contributed by atoms with Gasteiger partial charge in [-0.05, 0) is 13.3 Å². The van der Waals surface area contributed by atoms with E-state index in [0.717, 1.165) is 0 Å². The molecule has 0 fully saturated rings. The van der Waals surface area contributed by atoms with Crippen molar-refractivity contribution in [1.29, 1.82) is 0 Å². The molecule has 80 valence electrons. The fourth-order valence-corrected chi connectivity index (χ4v) is 0.750. The normalized spacial score (nSPS) is 15.9. The van der Waals surface area contributed by atoms with Crippen molar-refractivity contribution in [3.05, 3.63) is 0 Å². The molecule has 1 unspecified atom stereocenters. The van der Waals surface area contributed by atoms with Crippen molar-refractivity contribution < 1.29 is 9.84 Å². The highest BCUT2D eigenvalue weighted by Crippen LogP contribution is 2.26. The molecule has 0 aromatic rings. The molecule has 0 aliphatic rings. The Morgan fingerprint density at radius 3 is 2.08 bits per heavy atom. The molecule has 0 saturated heterocycles. The monoisotopic (exact) mass is 190 g/mol. The van der Waals surface area contributed by atoms with Crippen LogP contribution < -0.4 is 11.5 Å². The second kappa shape index (κ2) is 4.37. The van der Waals surface area contributed by atoms with E-state index in [-0.39, 0.29) is 18.1 Å². The molecule has 0 aliphatic carbocycles. The van der Waals surface area contributed by atoms with Gasteiger partial charge >= 0.3 is 0 Å². The lowest BCUT2D eigenvalue weighted by Gasteiger charge is -2.39. The van der Waals surface area contributed by atoms with E-state index in [1.165, 1.54) is 0 Å². The Hall–Kier alpha value is -0.160. The highest BCUT2D eigenvalue weighted by atomic mass is 16.5. The van der Waals surface area contributed by atoms with Gasteiger partial charge in [0.25, 0.3) is 0 Å². The van der Waals surface area contributed by atoms with Crippen molar-refractivity contribution in [1.82, 2.24) is 0 Å². The average Bonchev–Trinajstić information content (AvgIpc) is 1.83. The van der Waals surface area contributed by atoms with Gasteiger partial charge in [-0.25, -0.2) is 0 Å². The highest BCUT2D eigenvalue weighted by Gasteiger charge is 2.36. The van der Waals surface area contributed by atoms with E-state index < -0.39 is 5.85 Å². The van der Waals surface area contributed by atoms with Gasteiger partial charge in [-0.2, -0.15) is 0 Å². The number of aliphatic hydroxyl groups excluding tert-OH is 1. The number of nitrogens with two attached hydrogens (primary N) is 2. The van der Waals surface area contributed by atoms with Crippen LogP contribution in [0.4, 0.5) is 0 Å². The predicted octanol–water partition coefficient (Wildman–Crippen LogP) is 0.391. The van der Waals surface area contributed by atoms with Gasteiger partial charge in [-0.1, -0.05) is 20.8 Å². The molecule has 0 heterocycles. The Morgan fingerprint density at radius 2 is 1.77 bits per heavy atom. The minimum atomic E-state index is -1.15.